The van der Waals surface area contributed by atoms with Gasteiger partial charge in [-0.15, -0.1) is 30.6 Å². The van der Waals surface area contributed by atoms with Crippen LogP contribution in [0.1, 0.15) is 12.5 Å². The largest absolute Gasteiger partial charge is 0.357 e. The van der Waals surface area contributed by atoms with E-state index in [0.29, 0.717) is 13.1 Å². The van der Waals surface area contributed by atoms with E-state index in [0.717, 1.165) is 18.1 Å². The smallest absolute Gasteiger partial charge is 0.191 e. The summed E-state index contributed by atoms with van der Waals surface area (Å²) in [5.74, 6) is 0.506. The van der Waals surface area contributed by atoms with E-state index in [1.165, 1.54) is 12.1 Å². The number of benzene rings is 1. The molecule has 18 heavy (non-hydrogen) atoms. The molecule has 0 heterocycles. The van der Waals surface area contributed by atoms with E-state index < -0.39 is 0 Å². The Bertz CT molecular complexity index is 376. The maximum absolute atomic E-state index is 12.7. The average molecular weight is 363 g/mol. The van der Waals surface area contributed by atoms with Crippen LogP contribution in [0.5, 0.6) is 0 Å². The monoisotopic (exact) mass is 363 g/mol. The van der Waals surface area contributed by atoms with Gasteiger partial charge in [-0.1, -0.05) is 18.2 Å². The zero-order chi connectivity index (χ0) is 12.5. The third kappa shape index (κ3) is 6.58. The van der Waals surface area contributed by atoms with Gasteiger partial charge in [-0.25, -0.2) is 9.38 Å². The molecule has 0 aromatic heterocycles. The molecule has 0 atom stereocenters. The molecule has 0 aliphatic carbocycles. The first kappa shape index (κ1) is 16.9. The molecular formula is C13H19FIN3. The summed E-state index contributed by atoms with van der Waals surface area (Å²) in [4.78, 5) is 4.38. The number of hydrogen-bond donors (Lipinski definition) is 2. The minimum atomic E-state index is -0.227. The lowest BCUT2D eigenvalue weighted by Crippen LogP contribution is -2.37. The number of aliphatic imine (C=N–C) groups is 1. The molecular weight excluding hydrogens is 344 g/mol. The lowest BCUT2D eigenvalue weighted by atomic mass is 10.2. The summed E-state index contributed by atoms with van der Waals surface area (Å²) >= 11 is 0. The molecule has 0 bridgehead atoms. The van der Waals surface area contributed by atoms with Crippen molar-refractivity contribution in [1.29, 1.82) is 0 Å². The van der Waals surface area contributed by atoms with Crippen LogP contribution in [0.4, 0.5) is 4.39 Å². The second kappa shape index (κ2) is 9.87. The standard InChI is InChI=1S/C13H18FN3.HI/c1-3-9-16-13(15-4-2)17-10-11-5-7-12(14)8-6-11;/h3,5-8H,1,4,9-10H2,2H3,(H2,15,16,17);1H. The lowest BCUT2D eigenvalue weighted by Gasteiger charge is -2.09. The van der Waals surface area contributed by atoms with E-state index in [1.807, 2.05) is 6.92 Å². The number of nitrogens with one attached hydrogen (secondary N) is 2. The summed E-state index contributed by atoms with van der Waals surface area (Å²) in [6.45, 7) is 7.62. The number of halogens is 2. The Labute approximate surface area is 125 Å². The van der Waals surface area contributed by atoms with Gasteiger partial charge in [0.2, 0.25) is 0 Å². The van der Waals surface area contributed by atoms with Crippen molar-refractivity contribution in [2.75, 3.05) is 13.1 Å². The maximum Gasteiger partial charge on any atom is 0.191 e. The number of rotatable bonds is 5. The van der Waals surface area contributed by atoms with E-state index in [9.17, 15) is 4.39 Å². The van der Waals surface area contributed by atoms with Crippen LogP contribution in [-0.4, -0.2) is 19.0 Å². The molecule has 1 aromatic rings. The Balaban J connectivity index is 0.00000289. The zero-order valence-electron chi connectivity index (χ0n) is 10.4. The van der Waals surface area contributed by atoms with Crippen LogP contribution in [0.3, 0.4) is 0 Å². The van der Waals surface area contributed by atoms with Crippen molar-refractivity contribution in [3.05, 3.63) is 48.3 Å². The van der Waals surface area contributed by atoms with Gasteiger partial charge in [-0.3, -0.25) is 0 Å². The van der Waals surface area contributed by atoms with E-state index >= 15 is 0 Å². The fraction of sp³-hybridized carbons (Fsp3) is 0.308. The van der Waals surface area contributed by atoms with E-state index in [-0.39, 0.29) is 29.8 Å². The molecule has 0 radical (unpaired) electrons. The second-order valence-corrected chi connectivity index (χ2v) is 3.49. The predicted molar refractivity (Wildman–Crippen MR) is 84.8 cm³/mol. The van der Waals surface area contributed by atoms with Gasteiger partial charge in [-0.2, -0.15) is 0 Å². The lowest BCUT2D eigenvalue weighted by molar-refractivity contribution is 0.627. The molecule has 1 rings (SSSR count). The second-order valence-electron chi connectivity index (χ2n) is 3.49. The van der Waals surface area contributed by atoms with Gasteiger partial charge in [0.1, 0.15) is 5.82 Å². The molecule has 3 nitrogen and oxygen atoms in total. The highest BCUT2D eigenvalue weighted by atomic mass is 127. The van der Waals surface area contributed by atoms with Gasteiger partial charge in [-0.05, 0) is 24.6 Å². The molecule has 0 saturated heterocycles. The summed E-state index contributed by atoms with van der Waals surface area (Å²) in [7, 11) is 0. The SMILES string of the molecule is C=CCNC(=NCc1ccc(F)cc1)NCC.I. The highest BCUT2D eigenvalue weighted by Crippen LogP contribution is 2.03. The Hall–Kier alpha value is -1.11. The molecule has 100 valence electrons. The maximum atomic E-state index is 12.7. The van der Waals surface area contributed by atoms with Crippen molar-refractivity contribution >= 4 is 29.9 Å². The number of nitrogens with zero attached hydrogens (tertiary/aromatic N) is 1. The summed E-state index contributed by atoms with van der Waals surface area (Å²) in [5, 5.41) is 6.21. The first-order chi connectivity index (χ1) is 8.26. The van der Waals surface area contributed by atoms with Gasteiger partial charge in [0.05, 0.1) is 6.54 Å². The first-order valence-corrected chi connectivity index (χ1v) is 5.63. The quantitative estimate of drug-likeness (QED) is 0.365. The van der Waals surface area contributed by atoms with Gasteiger partial charge in [0.25, 0.3) is 0 Å². The average Bonchev–Trinajstić information content (AvgIpc) is 2.35. The predicted octanol–water partition coefficient (Wildman–Crippen LogP) is 2.68. The van der Waals surface area contributed by atoms with E-state index in [2.05, 4.69) is 22.2 Å². The van der Waals surface area contributed by atoms with Crippen LogP contribution in [0.15, 0.2) is 41.9 Å². The molecule has 0 fully saturated rings. The van der Waals surface area contributed by atoms with Crippen molar-refractivity contribution in [3.63, 3.8) is 0 Å². The van der Waals surface area contributed by atoms with Crippen molar-refractivity contribution in [2.45, 2.75) is 13.5 Å². The Morgan fingerprint density at radius 3 is 2.56 bits per heavy atom. The van der Waals surface area contributed by atoms with Crippen LogP contribution in [0.25, 0.3) is 0 Å². The Morgan fingerprint density at radius 1 is 1.33 bits per heavy atom. The van der Waals surface area contributed by atoms with Gasteiger partial charge >= 0.3 is 0 Å². The molecule has 0 amide bonds. The van der Waals surface area contributed by atoms with Gasteiger partial charge in [0, 0.05) is 13.1 Å². The summed E-state index contributed by atoms with van der Waals surface area (Å²) in [5.41, 5.74) is 0.974. The minimum absolute atomic E-state index is 0. The summed E-state index contributed by atoms with van der Waals surface area (Å²) in [6.07, 6.45) is 1.77. The normalized spacial score (nSPS) is 10.4. The van der Waals surface area contributed by atoms with E-state index in [1.54, 1.807) is 18.2 Å². The van der Waals surface area contributed by atoms with Crippen molar-refractivity contribution in [1.82, 2.24) is 10.6 Å². The minimum Gasteiger partial charge on any atom is -0.357 e. The third-order valence-corrected chi connectivity index (χ3v) is 2.09. The highest BCUT2D eigenvalue weighted by Gasteiger charge is 1.96. The molecule has 0 saturated carbocycles. The number of hydrogen-bond acceptors (Lipinski definition) is 1. The van der Waals surface area contributed by atoms with Crippen LogP contribution >= 0.6 is 24.0 Å². The van der Waals surface area contributed by atoms with Crippen molar-refractivity contribution in [2.24, 2.45) is 4.99 Å². The van der Waals surface area contributed by atoms with Gasteiger partial charge < -0.3 is 10.6 Å². The molecule has 0 spiro atoms. The molecule has 0 unspecified atom stereocenters. The highest BCUT2D eigenvalue weighted by molar-refractivity contribution is 14.0. The van der Waals surface area contributed by atoms with Crippen LogP contribution in [0.2, 0.25) is 0 Å². The summed E-state index contributed by atoms with van der Waals surface area (Å²) in [6, 6.07) is 6.34. The molecule has 0 aliphatic rings. The van der Waals surface area contributed by atoms with E-state index in [4.69, 9.17) is 0 Å². The molecule has 0 aliphatic heterocycles. The van der Waals surface area contributed by atoms with Gasteiger partial charge in [0.15, 0.2) is 5.96 Å². The fourth-order valence-corrected chi connectivity index (χ4v) is 1.27. The first-order valence-electron chi connectivity index (χ1n) is 5.63. The van der Waals surface area contributed by atoms with Crippen molar-refractivity contribution in [3.8, 4) is 0 Å². The Kier molecular flexibility index (Phi) is 9.26. The van der Waals surface area contributed by atoms with Crippen LogP contribution < -0.4 is 10.6 Å². The van der Waals surface area contributed by atoms with Crippen LogP contribution in [0, 0.1) is 5.82 Å². The third-order valence-electron chi connectivity index (χ3n) is 2.09. The molecule has 1 aromatic carbocycles. The topological polar surface area (TPSA) is 36.4 Å². The van der Waals surface area contributed by atoms with Crippen molar-refractivity contribution < 1.29 is 4.39 Å². The molecule has 2 N–H and O–H groups in total. The summed E-state index contributed by atoms with van der Waals surface area (Å²) < 4.78 is 12.7. The van der Waals surface area contributed by atoms with Crippen LogP contribution in [-0.2, 0) is 6.54 Å². The number of guanidine groups is 1. The fourth-order valence-electron chi connectivity index (χ4n) is 1.27. The Morgan fingerprint density at radius 2 is 2.00 bits per heavy atom. The molecule has 5 heteroatoms. The zero-order valence-corrected chi connectivity index (χ0v) is 12.8.